The van der Waals surface area contributed by atoms with Crippen molar-refractivity contribution in [1.29, 1.82) is 0 Å². The lowest BCUT2D eigenvalue weighted by molar-refractivity contribution is -0.122. The molecule has 4 rings (SSSR count). The summed E-state index contributed by atoms with van der Waals surface area (Å²) >= 11 is 5.89. The Hall–Kier alpha value is -3.45. The Morgan fingerprint density at radius 2 is 1.90 bits per heavy atom. The average molecular weight is 428 g/mol. The summed E-state index contributed by atoms with van der Waals surface area (Å²) in [5, 5.41) is 13.5. The van der Waals surface area contributed by atoms with Gasteiger partial charge in [-0.05, 0) is 48.9 Å². The predicted molar refractivity (Wildman–Crippen MR) is 111 cm³/mol. The fourth-order valence-electron chi connectivity index (χ4n) is 3.52. The van der Waals surface area contributed by atoms with E-state index in [0.29, 0.717) is 22.0 Å². The van der Waals surface area contributed by atoms with Crippen molar-refractivity contribution in [1.82, 2.24) is 0 Å². The van der Waals surface area contributed by atoms with Crippen molar-refractivity contribution in [3.63, 3.8) is 0 Å². The second kappa shape index (κ2) is 7.76. The van der Waals surface area contributed by atoms with E-state index in [-0.39, 0.29) is 22.8 Å². The number of rotatable bonds is 4. The Morgan fingerprint density at radius 1 is 1.17 bits per heavy atom. The number of benzene rings is 2. The van der Waals surface area contributed by atoms with Crippen LogP contribution in [0.3, 0.4) is 0 Å². The highest BCUT2D eigenvalue weighted by Gasteiger charge is 2.43. The lowest BCUT2D eigenvalue weighted by atomic mass is 9.88. The van der Waals surface area contributed by atoms with Crippen LogP contribution in [-0.4, -0.2) is 24.2 Å². The van der Waals surface area contributed by atoms with Crippen LogP contribution >= 0.6 is 11.6 Å². The summed E-state index contributed by atoms with van der Waals surface area (Å²) < 4.78 is 16.2. The van der Waals surface area contributed by atoms with Gasteiger partial charge in [0.25, 0.3) is 5.91 Å². The van der Waals surface area contributed by atoms with E-state index >= 15 is 0 Å². The number of hydrogen-bond acceptors (Lipinski definition) is 6. The normalized spacial score (nSPS) is 17.2. The van der Waals surface area contributed by atoms with E-state index in [2.05, 4.69) is 5.32 Å². The van der Waals surface area contributed by atoms with Crippen LogP contribution in [0.15, 0.2) is 57.7 Å². The number of phenols is 1. The number of carbonyl (C=O) groups is 1. The Balaban J connectivity index is 1.76. The summed E-state index contributed by atoms with van der Waals surface area (Å²) in [6, 6.07) is 12.9. The Morgan fingerprint density at radius 3 is 2.57 bits per heavy atom. The number of halogens is 1. The standard InChI is InChI=1S/C22H18ClNO6/c1-11-9-17-19(22(27)29-11)18(12-3-8-16(28-2)15(25)10-12)20(30-17)21(26)24-14-6-4-13(23)5-7-14/h3-10,18,20,25H,1-2H3,(H,24,26)/t18-,20+/m0/s1. The molecule has 0 radical (unpaired) electrons. The topological polar surface area (TPSA) is 98.0 Å². The van der Waals surface area contributed by atoms with Crippen molar-refractivity contribution in [3.05, 3.63) is 80.9 Å². The number of amides is 1. The molecule has 0 saturated heterocycles. The summed E-state index contributed by atoms with van der Waals surface area (Å²) in [6.45, 7) is 1.63. The fourth-order valence-corrected chi connectivity index (χ4v) is 3.65. The third-order valence-electron chi connectivity index (χ3n) is 4.87. The van der Waals surface area contributed by atoms with Crippen molar-refractivity contribution < 1.29 is 23.8 Å². The van der Waals surface area contributed by atoms with Gasteiger partial charge >= 0.3 is 5.63 Å². The van der Waals surface area contributed by atoms with Gasteiger partial charge in [0.05, 0.1) is 18.6 Å². The number of aromatic hydroxyl groups is 1. The van der Waals surface area contributed by atoms with E-state index in [9.17, 15) is 14.7 Å². The number of carbonyl (C=O) groups excluding carboxylic acids is 1. The van der Waals surface area contributed by atoms with Gasteiger partial charge in [0.1, 0.15) is 11.5 Å². The summed E-state index contributed by atoms with van der Waals surface area (Å²) in [4.78, 5) is 25.7. The lowest BCUT2D eigenvalue weighted by Gasteiger charge is -2.19. The third-order valence-corrected chi connectivity index (χ3v) is 5.13. The van der Waals surface area contributed by atoms with Gasteiger partial charge in [-0.15, -0.1) is 0 Å². The molecule has 0 bridgehead atoms. The molecule has 8 heteroatoms. The van der Waals surface area contributed by atoms with Crippen LogP contribution in [0.4, 0.5) is 5.69 Å². The van der Waals surface area contributed by atoms with Gasteiger partial charge in [0, 0.05) is 16.8 Å². The number of aryl methyl sites for hydroxylation is 1. The number of ether oxygens (including phenoxy) is 2. The Labute approximate surface area is 176 Å². The molecule has 1 amide bonds. The zero-order valence-electron chi connectivity index (χ0n) is 16.1. The molecule has 30 heavy (non-hydrogen) atoms. The minimum Gasteiger partial charge on any atom is -0.504 e. The van der Waals surface area contributed by atoms with Gasteiger partial charge in [-0.3, -0.25) is 4.79 Å². The number of methoxy groups -OCH3 is 1. The molecule has 3 aromatic rings. The number of anilines is 1. The summed E-state index contributed by atoms with van der Waals surface area (Å²) in [5.74, 6) is -0.422. The van der Waals surface area contributed by atoms with E-state index in [0.717, 1.165) is 0 Å². The van der Waals surface area contributed by atoms with Crippen molar-refractivity contribution >= 4 is 23.2 Å². The molecule has 2 aromatic carbocycles. The second-order valence-corrected chi connectivity index (χ2v) is 7.30. The summed E-state index contributed by atoms with van der Waals surface area (Å²) in [6.07, 6.45) is -1.05. The minimum absolute atomic E-state index is 0.114. The van der Waals surface area contributed by atoms with Crippen LogP contribution < -0.4 is 20.4 Å². The smallest absolute Gasteiger partial charge is 0.343 e. The molecule has 1 aliphatic rings. The van der Waals surface area contributed by atoms with Gasteiger partial charge in [0.2, 0.25) is 0 Å². The first kappa shape index (κ1) is 19.8. The molecule has 0 spiro atoms. The third kappa shape index (κ3) is 3.59. The van der Waals surface area contributed by atoms with E-state index in [1.807, 2.05) is 0 Å². The first-order chi connectivity index (χ1) is 14.4. The minimum atomic E-state index is -1.05. The summed E-state index contributed by atoms with van der Waals surface area (Å²) in [7, 11) is 1.43. The monoisotopic (exact) mass is 427 g/mol. The van der Waals surface area contributed by atoms with Crippen LogP contribution in [0.2, 0.25) is 5.02 Å². The van der Waals surface area contributed by atoms with Crippen molar-refractivity contribution in [3.8, 4) is 17.2 Å². The molecule has 0 fully saturated rings. The molecular formula is C22H18ClNO6. The van der Waals surface area contributed by atoms with Crippen molar-refractivity contribution in [2.45, 2.75) is 18.9 Å². The molecule has 2 heterocycles. The number of nitrogens with one attached hydrogen (secondary N) is 1. The largest absolute Gasteiger partial charge is 0.504 e. The average Bonchev–Trinajstić information content (AvgIpc) is 3.09. The molecule has 7 nitrogen and oxygen atoms in total. The van der Waals surface area contributed by atoms with Crippen molar-refractivity contribution in [2.24, 2.45) is 0 Å². The van der Waals surface area contributed by atoms with Crippen LogP contribution in [0.5, 0.6) is 17.2 Å². The zero-order valence-corrected chi connectivity index (χ0v) is 16.9. The Bertz CT molecular complexity index is 1170. The van der Waals surface area contributed by atoms with E-state index in [4.69, 9.17) is 25.5 Å². The van der Waals surface area contributed by atoms with Gasteiger partial charge in [-0.1, -0.05) is 17.7 Å². The lowest BCUT2D eigenvalue weighted by Crippen LogP contribution is -2.35. The molecule has 154 valence electrons. The quantitative estimate of drug-likeness (QED) is 0.656. The number of phenolic OH excluding ortho intramolecular Hbond substituents is 1. The van der Waals surface area contributed by atoms with E-state index < -0.39 is 23.6 Å². The SMILES string of the molecule is COc1ccc([C@H]2c3c(cc(C)oc3=O)O[C@H]2C(=O)Nc2ccc(Cl)cc2)cc1O. The molecule has 1 aliphatic heterocycles. The number of fused-ring (bicyclic) bond motifs is 1. The molecule has 1 aromatic heterocycles. The first-order valence-electron chi connectivity index (χ1n) is 9.12. The van der Waals surface area contributed by atoms with Gasteiger partial charge in [-0.2, -0.15) is 0 Å². The fraction of sp³-hybridized carbons (Fsp3) is 0.182. The van der Waals surface area contributed by atoms with Gasteiger partial charge in [0.15, 0.2) is 17.6 Å². The molecule has 2 N–H and O–H groups in total. The highest BCUT2D eigenvalue weighted by atomic mass is 35.5. The first-order valence-corrected chi connectivity index (χ1v) is 9.50. The van der Waals surface area contributed by atoms with Gasteiger partial charge in [-0.25, -0.2) is 4.79 Å². The van der Waals surface area contributed by atoms with Crippen molar-refractivity contribution in [2.75, 3.05) is 12.4 Å². The van der Waals surface area contributed by atoms with Crippen LogP contribution in [0.1, 0.15) is 22.8 Å². The Kier molecular flexibility index (Phi) is 5.13. The maximum absolute atomic E-state index is 13.1. The highest BCUT2D eigenvalue weighted by Crippen LogP contribution is 2.43. The molecular weight excluding hydrogens is 410 g/mol. The molecule has 0 aliphatic carbocycles. The maximum Gasteiger partial charge on any atom is 0.343 e. The maximum atomic E-state index is 13.1. The van der Waals surface area contributed by atoms with E-state index in [1.54, 1.807) is 49.4 Å². The highest BCUT2D eigenvalue weighted by molar-refractivity contribution is 6.30. The number of hydrogen-bond donors (Lipinski definition) is 2. The van der Waals surface area contributed by atoms with Gasteiger partial charge < -0.3 is 24.3 Å². The molecule has 0 unspecified atom stereocenters. The predicted octanol–water partition coefficient (Wildman–Crippen LogP) is 3.85. The zero-order chi connectivity index (χ0) is 21.4. The van der Waals surface area contributed by atoms with Crippen LogP contribution in [-0.2, 0) is 4.79 Å². The van der Waals surface area contributed by atoms with E-state index in [1.165, 1.54) is 13.2 Å². The molecule has 2 atom stereocenters. The summed E-state index contributed by atoms with van der Waals surface area (Å²) in [5.41, 5.74) is 0.677. The van der Waals surface area contributed by atoms with Crippen LogP contribution in [0, 0.1) is 6.92 Å². The van der Waals surface area contributed by atoms with Crippen LogP contribution in [0.25, 0.3) is 0 Å². The molecule has 0 saturated carbocycles. The second-order valence-electron chi connectivity index (χ2n) is 6.87.